The molecule has 0 radical (unpaired) electrons. The molecule has 3 rings (SSSR count). The number of nitrogens with two attached hydrogens (primary N) is 1. The molecule has 3 atom stereocenters. The van der Waals surface area contributed by atoms with E-state index in [1.54, 1.807) is 37.3 Å². The molecule has 7 N–H and O–H groups in total. The molecule has 1 aliphatic heterocycles. The normalized spacial score (nSPS) is 18.0. The molecular weight excluding hydrogens is 536 g/mol. The highest BCUT2D eigenvalue weighted by Crippen LogP contribution is 2.37. The lowest BCUT2D eigenvalue weighted by Crippen LogP contribution is -2.52. The van der Waals surface area contributed by atoms with Gasteiger partial charge in [0.25, 0.3) is 5.91 Å². The molecule has 14 nitrogen and oxygen atoms in total. The molecule has 0 bridgehead atoms. The maximum atomic E-state index is 13.5. The number of amidine groups is 1. The van der Waals surface area contributed by atoms with Crippen LogP contribution in [0.4, 0.5) is 4.79 Å². The number of rotatable bonds is 12. The third-order valence-electron chi connectivity index (χ3n) is 6.74. The summed E-state index contributed by atoms with van der Waals surface area (Å²) in [5, 5.41) is 30.9. The molecule has 1 heterocycles. The Morgan fingerprint density at radius 3 is 2.12 bits per heavy atom. The number of carbonyl (C=O) groups excluding carboxylic acids is 4. The summed E-state index contributed by atoms with van der Waals surface area (Å²) < 4.78 is 0. The first-order chi connectivity index (χ1) is 19.3. The maximum absolute atomic E-state index is 13.5. The number of carbonyl (C=O) groups is 6. The summed E-state index contributed by atoms with van der Waals surface area (Å²) in [7, 11) is 0. The Morgan fingerprint density at radius 2 is 1.61 bits per heavy atom. The van der Waals surface area contributed by atoms with Crippen molar-refractivity contribution in [3.63, 3.8) is 0 Å². The minimum absolute atomic E-state index is 0.105. The van der Waals surface area contributed by atoms with E-state index in [4.69, 9.17) is 11.1 Å². The van der Waals surface area contributed by atoms with E-state index in [2.05, 4.69) is 10.6 Å². The molecule has 2 aromatic carbocycles. The van der Waals surface area contributed by atoms with Crippen LogP contribution in [0.3, 0.4) is 0 Å². The Bertz CT molecular complexity index is 1380. The molecule has 0 aromatic heterocycles. The van der Waals surface area contributed by atoms with Crippen molar-refractivity contribution in [1.29, 1.82) is 5.41 Å². The van der Waals surface area contributed by atoms with Crippen LogP contribution in [-0.4, -0.2) is 80.7 Å². The first kappa shape index (κ1) is 30.3. The zero-order chi connectivity index (χ0) is 30.5. The number of carboxylic acids is 2. The number of aliphatic carboxylic acids is 2. The molecule has 0 spiro atoms. The number of carboxylic acid groups (broad SMARTS) is 2. The average Bonchev–Trinajstić information content (AvgIpc) is 3.11. The van der Waals surface area contributed by atoms with Crippen molar-refractivity contribution in [2.45, 2.75) is 37.9 Å². The highest BCUT2D eigenvalue weighted by atomic mass is 16.4. The van der Waals surface area contributed by atoms with E-state index >= 15 is 0 Å². The van der Waals surface area contributed by atoms with Crippen LogP contribution >= 0.6 is 0 Å². The fourth-order valence-electron chi connectivity index (χ4n) is 4.59. The standard InChI is InChI=1S/C27H30N6O8/c1-3-33-26(41)32(25(40)27(33,2)17-11-9-16(10-12-17)22(28)29)14-19(34)30-18(13-20(35)36)23(37)31-21(24(38)39)15-7-5-4-6-8-15/h4-12,18,21H,3,13-14H2,1-2H3,(H3,28,29)(H,30,34)(H,31,37)(H,35,36)(H,38,39)/t18-,21-,27?/m0/s1. The largest absolute Gasteiger partial charge is 0.481 e. The number of amides is 5. The predicted octanol–water partition coefficient (Wildman–Crippen LogP) is 0.372. The highest BCUT2D eigenvalue weighted by molar-refractivity contribution is 6.09. The van der Waals surface area contributed by atoms with Crippen LogP contribution in [0.5, 0.6) is 0 Å². The van der Waals surface area contributed by atoms with E-state index in [1.807, 2.05) is 0 Å². The monoisotopic (exact) mass is 566 g/mol. The van der Waals surface area contributed by atoms with Crippen molar-refractivity contribution in [1.82, 2.24) is 20.4 Å². The molecule has 1 fully saturated rings. The second-order valence-electron chi connectivity index (χ2n) is 9.39. The topological polar surface area (TPSA) is 223 Å². The number of hydrogen-bond acceptors (Lipinski definition) is 7. The maximum Gasteiger partial charge on any atom is 0.330 e. The van der Waals surface area contributed by atoms with Crippen LogP contribution in [0, 0.1) is 5.41 Å². The molecule has 0 aliphatic carbocycles. The molecule has 1 aliphatic rings. The van der Waals surface area contributed by atoms with E-state index in [-0.39, 0.29) is 17.9 Å². The van der Waals surface area contributed by atoms with Gasteiger partial charge in [-0.15, -0.1) is 0 Å². The summed E-state index contributed by atoms with van der Waals surface area (Å²) in [4.78, 5) is 77.7. The highest BCUT2D eigenvalue weighted by Gasteiger charge is 2.55. The fourth-order valence-corrected chi connectivity index (χ4v) is 4.59. The van der Waals surface area contributed by atoms with Gasteiger partial charge in [-0.3, -0.25) is 29.5 Å². The Balaban J connectivity index is 1.80. The van der Waals surface area contributed by atoms with Crippen LogP contribution in [0.1, 0.15) is 43.0 Å². The van der Waals surface area contributed by atoms with Gasteiger partial charge in [0, 0.05) is 12.1 Å². The number of hydrogen-bond donors (Lipinski definition) is 6. The molecule has 1 saturated heterocycles. The van der Waals surface area contributed by atoms with Gasteiger partial charge in [0.2, 0.25) is 11.8 Å². The van der Waals surface area contributed by atoms with Crippen molar-refractivity contribution < 1.29 is 39.0 Å². The van der Waals surface area contributed by atoms with Gasteiger partial charge in [-0.25, -0.2) is 9.59 Å². The molecular formula is C27H30N6O8. The summed E-state index contributed by atoms with van der Waals surface area (Å²) in [6.45, 7) is 2.44. The predicted molar refractivity (Wildman–Crippen MR) is 143 cm³/mol. The van der Waals surface area contributed by atoms with Crippen LogP contribution in [0.15, 0.2) is 54.6 Å². The Morgan fingerprint density at radius 1 is 1.00 bits per heavy atom. The second-order valence-corrected chi connectivity index (χ2v) is 9.39. The quantitative estimate of drug-likeness (QED) is 0.118. The van der Waals surface area contributed by atoms with Crippen LogP contribution in [0.2, 0.25) is 0 Å². The number of urea groups is 1. The SMILES string of the molecule is CCN1C(=O)N(CC(=O)N[C@@H](CC(=O)O)C(=O)N[C@H](C(=O)O)c2ccccc2)C(=O)C1(C)c1ccc(C(=N)N)cc1. The lowest BCUT2D eigenvalue weighted by atomic mass is 9.89. The Hall–Kier alpha value is -5.27. The molecule has 41 heavy (non-hydrogen) atoms. The number of imide groups is 1. The van der Waals surface area contributed by atoms with E-state index in [1.165, 1.54) is 36.1 Å². The van der Waals surface area contributed by atoms with E-state index in [9.17, 15) is 39.0 Å². The van der Waals surface area contributed by atoms with Crippen LogP contribution in [0.25, 0.3) is 0 Å². The van der Waals surface area contributed by atoms with Gasteiger partial charge in [0.05, 0.1) is 6.42 Å². The van der Waals surface area contributed by atoms with Gasteiger partial charge in [-0.2, -0.15) is 0 Å². The third kappa shape index (κ3) is 6.32. The number of nitrogens with zero attached hydrogens (tertiary/aromatic N) is 2. The number of likely N-dealkylation sites (N-methyl/N-ethyl adjacent to an activating group) is 1. The average molecular weight is 567 g/mol. The second kappa shape index (κ2) is 12.3. The van der Waals surface area contributed by atoms with Crippen molar-refractivity contribution >= 4 is 41.5 Å². The summed E-state index contributed by atoms with van der Waals surface area (Å²) >= 11 is 0. The van der Waals surface area contributed by atoms with Crippen molar-refractivity contribution in [2.75, 3.05) is 13.1 Å². The minimum atomic E-state index is -1.70. The Labute approximate surface area is 234 Å². The van der Waals surface area contributed by atoms with Gasteiger partial charge in [0.1, 0.15) is 24.0 Å². The zero-order valence-electron chi connectivity index (χ0n) is 22.3. The van der Waals surface area contributed by atoms with Gasteiger partial charge >= 0.3 is 18.0 Å². The summed E-state index contributed by atoms with van der Waals surface area (Å²) in [5.74, 6) is -5.87. The van der Waals surface area contributed by atoms with Crippen molar-refractivity contribution in [2.24, 2.45) is 5.73 Å². The molecule has 14 heteroatoms. The van der Waals surface area contributed by atoms with Crippen molar-refractivity contribution in [3.05, 3.63) is 71.3 Å². The van der Waals surface area contributed by atoms with Gasteiger partial charge in [-0.1, -0.05) is 54.6 Å². The molecule has 1 unspecified atom stereocenters. The first-order valence-corrected chi connectivity index (χ1v) is 12.5. The van der Waals surface area contributed by atoms with Crippen LogP contribution < -0.4 is 16.4 Å². The molecule has 5 amide bonds. The molecule has 0 saturated carbocycles. The minimum Gasteiger partial charge on any atom is -0.481 e. The third-order valence-corrected chi connectivity index (χ3v) is 6.74. The lowest BCUT2D eigenvalue weighted by molar-refractivity contribution is -0.144. The smallest absolute Gasteiger partial charge is 0.330 e. The van der Waals surface area contributed by atoms with Gasteiger partial charge in [0.15, 0.2) is 6.04 Å². The lowest BCUT2D eigenvalue weighted by Gasteiger charge is -2.31. The fraction of sp³-hybridized carbons (Fsp3) is 0.296. The van der Waals surface area contributed by atoms with Crippen LogP contribution in [-0.2, 0) is 29.5 Å². The zero-order valence-corrected chi connectivity index (χ0v) is 22.3. The van der Waals surface area contributed by atoms with Gasteiger partial charge in [-0.05, 0) is 25.0 Å². The summed E-state index contributed by atoms with van der Waals surface area (Å²) in [6, 6.07) is 9.82. The molecule has 216 valence electrons. The van der Waals surface area contributed by atoms with E-state index in [0.717, 1.165) is 0 Å². The molecule has 2 aromatic rings. The first-order valence-electron chi connectivity index (χ1n) is 12.5. The van der Waals surface area contributed by atoms with E-state index < -0.39 is 66.3 Å². The van der Waals surface area contributed by atoms with E-state index in [0.29, 0.717) is 16.0 Å². The summed E-state index contributed by atoms with van der Waals surface area (Å²) in [5.41, 5.74) is 5.04. The Kier molecular flexibility index (Phi) is 9.07. The number of nitrogen functional groups attached to an aromatic ring is 1. The van der Waals surface area contributed by atoms with Crippen molar-refractivity contribution in [3.8, 4) is 0 Å². The number of benzene rings is 2. The van der Waals surface area contributed by atoms with Gasteiger partial charge < -0.3 is 31.5 Å². The number of nitrogens with one attached hydrogen (secondary N) is 3. The summed E-state index contributed by atoms with van der Waals surface area (Å²) in [6.07, 6.45) is -0.887.